The van der Waals surface area contributed by atoms with E-state index in [4.69, 9.17) is 15.7 Å². The maximum Gasteiger partial charge on any atom is 0.242 e. The van der Waals surface area contributed by atoms with Crippen LogP contribution in [-0.2, 0) is 9.36 Å². The first-order chi connectivity index (χ1) is 11.0. The smallest absolute Gasteiger partial charge is 0.242 e. The highest BCUT2D eigenvalue weighted by molar-refractivity contribution is 7.50. The summed E-state index contributed by atoms with van der Waals surface area (Å²) in [7, 11) is -4.72. The van der Waals surface area contributed by atoms with E-state index in [-0.39, 0.29) is 0 Å². The van der Waals surface area contributed by atoms with Gasteiger partial charge in [0.15, 0.2) is 7.60 Å². The van der Waals surface area contributed by atoms with E-state index >= 15 is 0 Å². The number of carbonyl (C=O) groups is 1. The van der Waals surface area contributed by atoms with Crippen LogP contribution in [0, 0.1) is 0 Å². The number of hydrogen-bond donors (Lipinski definition) is 6. The number of nitrogens with zero attached hydrogens (tertiary/aromatic N) is 1. The molecule has 0 aliphatic carbocycles. The van der Waals surface area contributed by atoms with Gasteiger partial charge in [-0.25, -0.2) is 0 Å². The molecule has 0 aromatic rings. The molecule has 1 saturated heterocycles. The lowest BCUT2D eigenvalue weighted by Crippen LogP contribution is -3.11. The molecule has 0 aromatic carbocycles. The van der Waals surface area contributed by atoms with Gasteiger partial charge in [-0.05, 0) is 20.8 Å². The van der Waals surface area contributed by atoms with Gasteiger partial charge in [0.1, 0.15) is 18.2 Å². The number of nitrogens with two attached hydrogens (primary N) is 1. The molecule has 1 rings (SSSR count). The predicted molar refractivity (Wildman–Crippen MR) is 85.0 cm³/mol. The molecule has 0 spiro atoms. The summed E-state index contributed by atoms with van der Waals surface area (Å²) in [6.07, 6.45) is -4.12. The molecule has 1 aliphatic heterocycles. The van der Waals surface area contributed by atoms with Crippen LogP contribution >= 0.6 is 7.60 Å². The molecule has 1 amide bonds. The lowest BCUT2D eigenvalue weighted by Gasteiger charge is -2.49. The molecule has 0 bridgehead atoms. The number of aliphatic hydroxyl groups excluding tert-OH is 3. The van der Waals surface area contributed by atoms with Crippen molar-refractivity contribution in [2.75, 3.05) is 32.5 Å². The van der Waals surface area contributed by atoms with Crippen molar-refractivity contribution in [3.63, 3.8) is 0 Å². The van der Waals surface area contributed by atoms with Gasteiger partial charge >= 0.3 is 0 Å². The summed E-state index contributed by atoms with van der Waals surface area (Å²) in [5.41, 5.74) is 5.35. The Kier molecular flexibility index (Phi) is 10.2. The van der Waals surface area contributed by atoms with Gasteiger partial charge in [0.25, 0.3) is 0 Å². The summed E-state index contributed by atoms with van der Waals surface area (Å²) in [6.45, 7) is 9.72. The molecule has 0 radical (unpaired) electrons. The molecule has 24 heavy (non-hydrogen) atoms. The van der Waals surface area contributed by atoms with Crippen molar-refractivity contribution >= 4 is 13.5 Å². The zero-order valence-electron chi connectivity index (χ0n) is 14.3. The molecule has 11 heteroatoms. The van der Waals surface area contributed by atoms with E-state index in [1.54, 1.807) is 4.90 Å². The number of likely N-dealkylation sites (tertiary alicyclic amines) is 1. The molecule has 0 saturated carbocycles. The third kappa shape index (κ3) is 6.73. The number of amides is 1. The van der Waals surface area contributed by atoms with Crippen LogP contribution < -0.4 is 15.5 Å². The third-order valence-electron chi connectivity index (χ3n) is 4.06. The quantitative estimate of drug-likeness (QED) is 0.184. The van der Waals surface area contributed by atoms with Gasteiger partial charge < -0.3 is 45.2 Å². The second-order valence-corrected chi connectivity index (χ2v) is 7.21. The van der Waals surface area contributed by atoms with Gasteiger partial charge in [-0.1, -0.05) is 0 Å². The minimum atomic E-state index is -4.72. The highest BCUT2D eigenvalue weighted by Gasteiger charge is 2.51. The van der Waals surface area contributed by atoms with Crippen molar-refractivity contribution in [3.05, 3.63) is 0 Å². The highest BCUT2D eigenvalue weighted by atomic mass is 31.2. The molecule has 1 unspecified atom stereocenters. The average Bonchev–Trinajstić information content (AvgIpc) is 2.54. The molecule has 1 fully saturated rings. The normalized spacial score (nSPS) is 25.4. The summed E-state index contributed by atoms with van der Waals surface area (Å²) < 4.78 is 10.6. The summed E-state index contributed by atoms with van der Waals surface area (Å²) in [6, 6.07) is -2.32. The Labute approximate surface area is 142 Å². The molecule has 5 atom stereocenters. The van der Waals surface area contributed by atoms with Crippen LogP contribution in [-0.4, -0.2) is 87.8 Å². The summed E-state index contributed by atoms with van der Waals surface area (Å²) in [4.78, 5) is 32.8. The number of β-lactam (4-membered cyclic amide) rings is 1. The van der Waals surface area contributed by atoms with Crippen LogP contribution in [0.15, 0.2) is 0 Å². The van der Waals surface area contributed by atoms with Crippen molar-refractivity contribution in [1.82, 2.24) is 4.90 Å². The number of hydrogen-bond acceptors (Lipinski definition) is 7. The second kappa shape index (κ2) is 10.4. The van der Waals surface area contributed by atoms with Crippen LogP contribution in [0.25, 0.3) is 0 Å². The number of rotatable bonds is 8. The summed E-state index contributed by atoms with van der Waals surface area (Å²) in [5.74, 6) is -0.760. The molecule has 1 aliphatic rings. The fourth-order valence-corrected chi connectivity index (χ4v) is 3.15. The third-order valence-corrected chi connectivity index (χ3v) is 4.72. The van der Waals surface area contributed by atoms with Gasteiger partial charge in [0.2, 0.25) is 5.91 Å². The fraction of sp³-hybridized carbons (Fsp3) is 0.923. The van der Waals surface area contributed by atoms with Gasteiger partial charge in [-0.3, -0.25) is 4.79 Å². The second-order valence-electron chi connectivity index (χ2n) is 5.65. The Bertz CT molecular complexity index is 424. The SMILES string of the molecule is CC[NH+](CC)CC.N[C@@H]1C(=O)N(CP(=O)([O-])O)[C@H]1[C@H](O)[C@H](O)CO. The topological polar surface area (TPSA) is 172 Å². The summed E-state index contributed by atoms with van der Waals surface area (Å²) >= 11 is 0. The maximum atomic E-state index is 11.2. The van der Waals surface area contributed by atoms with Crippen LogP contribution in [0.5, 0.6) is 0 Å². The van der Waals surface area contributed by atoms with E-state index in [0.29, 0.717) is 4.90 Å². The van der Waals surface area contributed by atoms with Crippen LogP contribution in [0.2, 0.25) is 0 Å². The first-order valence-corrected chi connectivity index (χ1v) is 9.69. The number of quaternary nitrogens is 1. The molecule has 7 N–H and O–H groups in total. The monoisotopic (exact) mass is 371 g/mol. The van der Waals surface area contributed by atoms with E-state index in [9.17, 15) is 24.5 Å². The zero-order chi connectivity index (χ0) is 19.1. The van der Waals surface area contributed by atoms with E-state index < -0.39 is 50.7 Å². The minimum absolute atomic E-state index is 0.641. The Balaban J connectivity index is 0.000000640. The Morgan fingerprint density at radius 2 is 1.75 bits per heavy atom. The predicted octanol–water partition coefficient (Wildman–Crippen LogP) is -4.33. The highest BCUT2D eigenvalue weighted by Crippen LogP contribution is 2.35. The molecule has 0 aromatic heterocycles. The standard InChI is InChI=1S/C7H15N2O7P.C6H15N/c8-4-5(6(12)3(11)1-10)9(7(4)13)2-17(14,15)16;1-4-7(5-2)6-3/h3-6,10-12H,1-2,8H2,(H2,14,15,16);4-6H2,1-3H3/t3-,4+,5-,6-;/m1./s1. The minimum Gasteiger partial charge on any atom is -0.777 e. The van der Waals surface area contributed by atoms with Gasteiger partial charge in [0.05, 0.1) is 38.6 Å². The van der Waals surface area contributed by atoms with Gasteiger partial charge in [-0.15, -0.1) is 0 Å². The molecule has 10 nitrogen and oxygen atoms in total. The number of carbonyl (C=O) groups excluding carboxylic acids is 1. The van der Waals surface area contributed by atoms with Gasteiger partial charge in [-0.2, -0.15) is 0 Å². The van der Waals surface area contributed by atoms with E-state index in [1.165, 1.54) is 19.6 Å². The van der Waals surface area contributed by atoms with Gasteiger partial charge in [0, 0.05) is 0 Å². The van der Waals surface area contributed by atoms with E-state index in [1.807, 2.05) is 0 Å². The molecule has 1 heterocycles. The van der Waals surface area contributed by atoms with Crippen molar-refractivity contribution in [2.45, 2.75) is 45.1 Å². The van der Waals surface area contributed by atoms with Crippen molar-refractivity contribution in [1.29, 1.82) is 0 Å². The van der Waals surface area contributed by atoms with Crippen molar-refractivity contribution in [3.8, 4) is 0 Å². The number of nitrogens with one attached hydrogen (secondary N) is 1. The lowest BCUT2D eigenvalue weighted by molar-refractivity contribution is -0.894. The Hall–Kier alpha value is -0.580. The largest absolute Gasteiger partial charge is 0.777 e. The lowest BCUT2D eigenvalue weighted by atomic mass is 9.89. The summed E-state index contributed by atoms with van der Waals surface area (Å²) in [5, 5.41) is 27.3. The van der Waals surface area contributed by atoms with Crippen LogP contribution in [0.3, 0.4) is 0 Å². The van der Waals surface area contributed by atoms with Crippen LogP contribution in [0.1, 0.15) is 20.8 Å². The Morgan fingerprint density at radius 3 is 2.04 bits per heavy atom. The fourth-order valence-electron chi connectivity index (χ4n) is 2.44. The van der Waals surface area contributed by atoms with E-state index in [0.717, 1.165) is 0 Å². The first kappa shape index (κ1) is 23.4. The first-order valence-electron chi connectivity index (χ1n) is 7.93. The maximum absolute atomic E-state index is 11.2. The van der Waals surface area contributed by atoms with Crippen LogP contribution in [0.4, 0.5) is 0 Å². The average molecular weight is 371 g/mol. The Morgan fingerprint density at radius 1 is 1.29 bits per heavy atom. The number of aliphatic hydroxyl groups is 3. The van der Waals surface area contributed by atoms with Crippen molar-refractivity contribution in [2.24, 2.45) is 5.73 Å². The molecular formula is C13H30N3O7P. The molecular weight excluding hydrogens is 341 g/mol. The zero-order valence-corrected chi connectivity index (χ0v) is 15.2. The van der Waals surface area contributed by atoms with E-state index in [2.05, 4.69) is 20.8 Å². The van der Waals surface area contributed by atoms with Crippen molar-refractivity contribution < 1.29 is 39.4 Å². The molecule has 144 valence electrons.